The molecule has 0 radical (unpaired) electrons. The summed E-state index contributed by atoms with van der Waals surface area (Å²) >= 11 is 0. The van der Waals surface area contributed by atoms with Gasteiger partial charge in [0.15, 0.2) is 0 Å². The van der Waals surface area contributed by atoms with Crippen molar-refractivity contribution in [2.75, 3.05) is 0 Å². The van der Waals surface area contributed by atoms with E-state index in [1.54, 1.807) is 0 Å². The van der Waals surface area contributed by atoms with Gasteiger partial charge in [0.05, 0.1) is 0 Å². The van der Waals surface area contributed by atoms with E-state index >= 15 is 0 Å². The Balaban J connectivity index is 0. The van der Waals surface area contributed by atoms with Crippen molar-refractivity contribution in [2.45, 2.75) is 67.9 Å². The minimum atomic E-state index is -0.763. The summed E-state index contributed by atoms with van der Waals surface area (Å²) in [6.07, 6.45) is 0. The molecule has 2 rings (SSSR count). The Morgan fingerprint density at radius 1 is 0.842 bits per heavy atom. The molecule has 1 aromatic carbocycles. The van der Waals surface area contributed by atoms with Crippen LogP contribution in [-0.4, -0.2) is 5.11 Å². The molecule has 0 aliphatic heterocycles. The van der Waals surface area contributed by atoms with Crippen LogP contribution < -0.4 is 0 Å². The van der Waals surface area contributed by atoms with Gasteiger partial charge in [0.25, 0.3) is 0 Å². The number of benzene rings is 1. The molecule has 0 fully saturated rings. The Hall–Kier alpha value is -1.08. The van der Waals surface area contributed by atoms with Gasteiger partial charge in [-0.1, -0.05) is 65.8 Å². The second kappa shape index (κ2) is 9.80. The fourth-order valence-electron chi connectivity index (χ4n) is 2.00. The molecule has 0 bridgehead atoms. The summed E-state index contributed by atoms with van der Waals surface area (Å²) in [5.74, 6) is 0. The Kier molecular flexibility index (Phi) is 10.4. The van der Waals surface area contributed by atoms with E-state index in [-0.39, 0.29) is 0 Å². The van der Waals surface area contributed by atoms with Crippen LogP contribution in [0.2, 0.25) is 0 Å². The van der Waals surface area contributed by atoms with Gasteiger partial charge in [-0.05, 0) is 43.0 Å². The first-order valence-electron chi connectivity index (χ1n) is 7.55. The molecule has 1 nitrogen and oxygen atoms in total. The predicted octanol–water partition coefficient (Wildman–Crippen LogP) is 5.78. The lowest BCUT2D eigenvalue weighted by atomic mass is 9.94. The monoisotopic (exact) mass is 264 g/mol. The molecule has 0 saturated carbocycles. The summed E-state index contributed by atoms with van der Waals surface area (Å²) in [5, 5.41) is 10.2. The second-order valence-corrected chi connectivity index (χ2v) is 3.87. The highest BCUT2D eigenvalue weighted by atomic mass is 16.3. The van der Waals surface area contributed by atoms with Gasteiger partial charge in [-0.15, -0.1) is 0 Å². The first-order chi connectivity index (χ1) is 9.05. The lowest BCUT2D eigenvalue weighted by Crippen LogP contribution is -2.19. The molecule has 0 spiro atoms. The van der Waals surface area contributed by atoms with Gasteiger partial charge in [0, 0.05) is 0 Å². The highest BCUT2D eigenvalue weighted by molar-refractivity contribution is 5.77. The number of rotatable bonds is 0. The summed E-state index contributed by atoms with van der Waals surface area (Å²) in [6.45, 7) is 17.9. The van der Waals surface area contributed by atoms with Crippen LogP contribution in [0.1, 0.15) is 73.4 Å². The average Bonchev–Trinajstić information content (AvgIpc) is 2.67. The molecule has 1 aromatic rings. The van der Waals surface area contributed by atoms with Crippen LogP contribution in [0.15, 0.2) is 29.8 Å². The molecule has 1 aliphatic carbocycles. The summed E-state index contributed by atoms with van der Waals surface area (Å²) in [6, 6.07) is 8.04. The van der Waals surface area contributed by atoms with E-state index < -0.39 is 5.60 Å². The largest absolute Gasteiger partial charge is 0.381 e. The lowest BCUT2D eigenvalue weighted by molar-refractivity contribution is 0.102. The van der Waals surface area contributed by atoms with E-state index in [2.05, 4.69) is 13.0 Å². The minimum absolute atomic E-state index is 0.763. The molecule has 1 aliphatic rings. The number of aliphatic hydroxyl groups is 1. The van der Waals surface area contributed by atoms with E-state index in [9.17, 15) is 5.11 Å². The van der Waals surface area contributed by atoms with Gasteiger partial charge < -0.3 is 5.11 Å². The van der Waals surface area contributed by atoms with Crippen LogP contribution in [0.3, 0.4) is 0 Å². The van der Waals surface area contributed by atoms with Gasteiger partial charge in [0.2, 0.25) is 0 Å². The topological polar surface area (TPSA) is 20.2 Å². The van der Waals surface area contributed by atoms with Gasteiger partial charge in [-0.2, -0.15) is 0 Å². The Bertz CT molecular complexity index is 386. The molecular formula is C18H32O. The minimum Gasteiger partial charge on any atom is -0.381 e. The lowest BCUT2D eigenvalue weighted by Gasteiger charge is -2.20. The maximum atomic E-state index is 10.2. The van der Waals surface area contributed by atoms with Crippen molar-refractivity contribution in [3.63, 3.8) is 0 Å². The van der Waals surface area contributed by atoms with Crippen molar-refractivity contribution in [3.8, 4) is 0 Å². The van der Waals surface area contributed by atoms with Crippen LogP contribution in [-0.2, 0) is 5.60 Å². The van der Waals surface area contributed by atoms with Gasteiger partial charge in [-0.3, -0.25) is 0 Å². The maximum Gasteiger partial charge on any atom is 0.109 e. The zero-order chi connectivity index (χ0) is 15.6. The smallest absolute Gasteiger partial charge is 0.109 e. The maximum absolute atomic E-state index is 10.2. The van der Waals surface area contributed by atoms with Crippen molar-refractivity contribution in [1.29, 1.82) is 0 Å². The third kappa shape index (κ3) is 4.21. The molecule has 0 heterocycles. The predicted molar refractivity (Wildman–Crippen MR) is 88.3 cm³/mol. The van der Waals surface area contributed by atoms with Gasteiger partial charge in [0.1, 0.15) is 5.60 Å². The second-order valence-electron chi connectivity index (χ2n) is 3.87. The number of fused-ring (bicyclic) bond motifs is 1. The van der Waals surface area contributed by atoms with Crippen molar-refractivity contribution in [1.82, 2.24) is 0 Å². The van der Waals surface area contributed by atoms with Crippen LogP contribution >= 0.6 is 0 Å². The number of allylic oxidation sites excluding steroid dienone is 1. The normalized spacial score (nSPS) is 19.1. The van der Waals surface area contributed by atoms with Crippen LogP contribution in [0.5, 0.6) is 0 Å². The van der Waals surface area contributed by atoms with Crippen LogP contribution in [0, 0.1) is 0 Å². The molecule has 1 N–H and O–H groups in total. The first kappa shape index (κ1) is 20.2. The standard InChI is InChI=1S/C12H14O.3C2H6/c1-8-9(2)12(3,13)11-7-5-4-6-10(8)11;3*1-2/h4-7,13H,1-3H3;3*1-2H3. The van der Waals surface area contributed by atoms with Crippen molar-refractivity contribution >= 4 is 5.57 Å². The van der Waals surface area contributed by atoms with E-state index in [0.29, 0.717) is 0 Å². The van der Waals surface area contributed by atoms with Crippen molar-refractivity contribution < 1.29 is 5.11 Å². The molecular weight excluding hydrogens is 232 g/mol. The molecule has 0 saturated heterocycles. The van der Waals surface area contributed by atoms with E-state index in [0.717, 1.165) is 11.1 Å². The van der Waals surface area contributed by atoms with Crippen LogP contribution in [0.25, 0.3) is 5.57 Å². The number of hydrogen-bond acceptors (Lipinski definition) is 1. The highest BCUT2D eigenvalue weighted by Gasteiger charge is 2.34. The SMILES string of the molecule is CC.CC.CC.CC1=C(C)C(C)(O)c2ccccc21. The molecule has 0 amide bonds. The molecule has 1 unspecified atom stereocenters. The summed E-state index contributed by atoms with van der Waals surface area (Å²) < 4.78 is 0. The average molecular weight is 264 g/mol. The molecule has 1 heteroatoms. The highest BCUT2D eigenvalue weighted by Crippen LogP contribution is 2.43. The van der Waals surface area contributed by atoms with E-state index in [4.69, 9.17) is 0 Å². The fraction of sp³-hybridized carbons (Fsp3) is 0.556. The first-order valence-corrected chi connectivity index (χ1v) is 7.55. The molecule has 19 heavy (non-hydrogen) atoms. The zero-order valence-electron chi connectivity index (χ0n) is 14.3. The quantitative estimate of drug-likeness (QED) is 0.629. The third-order valence-electron chi connectivity index (χ3n) is 3.15. The third-order valence-corrected chi connectivity index (χ3v) is 3.15. The van der Waals surface area contributed by atoms with Gasteiger partial charge >= 0.3 is 0 Å². The van der Waals surface area contributed by atoms with Crippen molar-refractivity contribution in [2.24, 2.45) is 0 Å². The zero-order valence-corrected chi connectivity index (χ0v) is 14.3. The van der Waals surface area contributed by atoms with E-state index in [1.807, 2.05) is 73.6 Å². The van der Waals surface area contributed by atoms with Crippen molar-refractivity contribution in [3.05, 3.63) is 41.0 Å². The Morgan fingerprint density at radius 3 is 1.68 bits per heavy atom. The Labute approximate surface area is 120 Å². The summed E-state index contributed by atoms with van der Waals surface area (Å²) in [4.78, 5) is 0. The van der Waals surface area contributed by atoms with Gasteiger partial charge in [-0.25, -0.2) is 0 Å². The Morgan fingerprint density at radius 2 is 1.26 bits per heavy atom. The molecule has 1 atom stereocenters. The fourth-order valence-corrected chi connectivity index (χ4v) is 2.00. The summed E-state index contributed by atoms with van der Waals surface area (Å²) in [5.41, 5.74) is 3.73. The number of hydrogen-bond donors (Lipinski definition) is 1. The summed E-state index contributed by atoms with van der Waals surface area (Å²) in [7, 11) is 0. The molecule has 110 valence electrons. The van der Waals surface area contributed by atoms with E-state index in [1.165, 1.54) is 11.1 Å². The molecule has 0 aromatic heterocycles. The van der Waals surface area contributed by atoms with Crippen LogP contribution in [0.4, 0.5) is 0 Å².